The first-order chi connectivity index (χ1) is 8.56. The van der Waals surface area contributed by atoms with Crippen molar-refractivity contribution in [2.24, 2.45) is 0 Å². The Morgan fingerprint density at radius 1 is 1.22 bits per heavy atom. The molecule has 0 aliphatic heterocycles. The molecular weight excluding hydrogens is 273 g/mol. The minimum atomic E-state index is -0.229. The van der Waals surface area contributed by atoms with Gasteiger partial charge in [0, 0.05) is 11.1 Å². The molecule has 1 aliphatic rings. The summed E-state index contributed by atoms with van der Waals surface area (Å²) in [5.41, 5.74) is 0.398. The van der Waals surface area contributed by atoms with E-state index in [0.717, 1.165) is 25.7 Å². The van der Waals surface area contributed by atoms with Crippen molar-refractivity contribution in [2.75, 3.05) is 0 Å². The number of hydrogen-bond acceptors (Lipinski definition) is 2. The fourth-order valence-corrected chi connectivity index (χ4v) is 2.53. The molecule has 3 nitrogen and oxygen atoms in total. The van der Waals surface area contributed by atoms with Crippen molar-refractivity contribution in [1.82, 2.24) is 5.32 Å². The predicted octanol–water partition coefficient (Wildman–Crippen LogP) is 3.03. The summed E-state index contributed by atoms with van der Waals surface area (Å²) in [5.74, 6) is -0.205. The van der Waals surface area contributed by atoms with Crippen LogP contribution < -0.4 is 5.32 Å². The van der Waals surface area contributed by atoms with Crippen LogP contribution in [0.4, 0.5) is 0 Å². The molecule has 1 aromatic carbocycles. The molecule has 0 unspecified atom stereocenters. The number of nitrogens with one attached hydrogen (secondary N) is 1. The second-order valence-corrected chi connectivity index (χ2v) is 5.45. The normalized spacial score (nSPS) is 23.7. The van der Waals surface area contributed by atoms with Gasteiger partial charge in [-0.05, 0) is 43.9 Å². The third kappa shape index (κ3) is 3.37. The number of amides is 1. The molecule has 18 heavy (non-hydrogen) atoms. The van der Waals surface area contributed by atoms with Crippen LogP contribution in [0.5, 0.6) is 0 Å². The predicted molar refractivity (Wildman–Crippen MR) is 72.2 cm³/mol. The van der Waals surface area contributed by atoms with E-state index in [1.165, 1.54) is 0 Å². The average molecular weight is 288 g/mol. The SMILES string of the molecule is O=C(NC1CCC(O)CC1)c1cc(Cl)ccc1Cl. The highest BCUT2D eigenvalue weighted by Gasteiger charge is 2.22. The summed E-state index contributed by atoms with van der Waals surface area (Å²) in [4.78, 5) is 12.1. The maximum atomic E-state index is 12.1. The monoisotopic (exact) mass is 287 g/mol. The number of rotatable bonds is 2. The maximum absolute atomic E-state index is 12.1. The molecule has 0 spiro atoms. The van der Waals surface area contributed by atoms with Crippen LogP contribution in [-0.4, -0.2) is 23.2 Å². The van der Waals surface area contributed by atoms with Gasteiger partial charge in [-0.15, -0.1) is 0 Å². The van der Waals surface area contributed by atoms with Gasteiger partial charge < -0.3 is 10.4 Å². The second kappa shape index (κ2) is 5.91. The average Bonchev–Trinajstić information content (AvgIpc) is 2.35. The quantitative estimate of drug-likeness (QED) is 0.878. The van der Waals surface area contributed by atoms with Crippen molar-refractivity contribution >= 4 is 29.1 Å². The first-order valence-corrected chi connectivity index (χ1v) is 6.76. The molecule has 1 aromatic rings. The third-order valence-electron chi connectivity index (χ3n) is 3.20. The molecule has 1 amide bonds. The summed E-state index contributed by atoms with van der Waals surface area (Å²) in [6.45, 7) is 0. The van der Waals surface area contributed by atoms with Gasteiger partial charge in [0.05, 0.1) is 16.7 Å². The van der Waals surface area contributed by atoms with E-state index in [4.69, 9.17) is 23.2 Å². The molecule has 0 heterocycles. The number of halogens is 2. The molecule has 2 rings (SSSR count). The summed E-state index contributed by atoms with van der Waals surface area (Å²) in [6, 6.07) is 4.94. The van der Waals surface area contributed by atoms with E-state index in [9.17, 15) is 9.90 Å². The molecule has 0 radical (unpaired) electrons. The first-order valence-electron chi connectivity index (χ1n) is 6.00. The standard InChI is InChI=1S/C13H15Cl2NO2/c14-8-1-6-12(15)11(7-8)13(18)16-9-2-4-10(17)5-3-9/h1,6-7,9-10,17H,2-5H2,(H,16,18). The van der Waals surface area contributed by atoms with Gasteiger partial charge in [-0.3, -0.25) is 4.79 Å². The molecule has 0 aromatic heterocycles. The van der Waals surface area contributed by atoms with Crippen LogP contribution >= 0.6 is 23.2 Å². The zero-order valence-electron chi connectivity index (χ0n) is 9.83. The summed E-state index contributed by atoms with van der Waals surface area (Å²) >= 11 is 11.8. The highest BCUT2D eigenvalue weighted by atomic mass is 35.5. The zero-order chi connectivity index (χ0) is 13.1. The number of carbonyl (C=O) groups excluding carboxylic acids is 1. The van der Waals surface area contributed by atoms with Gasteiger partial charge in [-0.25, -0.2) is 0 Å². The molecule has 98 valence electrons. The fourth-order valence-electron chi connectivity index (χ4n) is 2.15. The van der Waals surface area contributed by atoms with Gasteiger partial charge >= 0.3 is 0 Å². The number of hydrogen-bond donors (Lipinski definition) is 2. The summed E-state index contributed by atoms with van der Waals surface area (Å²) in [6.07, 6.45) is 2.83. The third-order valence-corrected chi connectivity index (χ3v) is 3.77. The number of carbonyl (C=O) groups is 1. The Hall–Kier alpha value is -0.770. The van der Waals surface area contributed by atoms with Crippen LogP contribution in [0, 0.1) is 0 Å². The van der Waals surface area contributed by atoms with E-state index in [-0.39, 0.29) is 18.1 Å². The molecule has 5 heteroatoms. The van der Waals surface area contributed by atoms with E-state index >= 15 is 0 Å². The lowest BCUT2D eigenvalue weighted by Crippen LogP contribution is -2.38. The van der Waals surface area contributed by atoms with E-state index in [1.54, 1.807) is 18.2 Å². The molecule has 1 fully saturated rings. The summed E-state index contributed by atoms with van der Waals surface area (Å²) < 4.78 is 0. The van der Waals surface area contributed by atoms with E-state index in [0.29, 0.717) is 15.6 Å². The topological polar surface area (TPSA) is 49.3 Å². The lowest BCUT2D eigenvalue weighted by molar-refractivity contribution is 0.0868. The summed E-state index contributed by atoms with van der Waals surface area (Å²) in [5, 5.41) is 13.2. The smallest absolute Gasteiger partial charge is 0.253 e. The van der Waals surface area contributed by atoms with Crippen molar-refractivity contribution < 1.29 is 9.90 Å². The molecule has 0 bridgehead atoms. The number of aliphatic hydroxyl groups excluding tert-OH is 1. The molecule has 2 N–H and O–H groups in total. The van der Waals surface area contributed by atoms with E-state index in [1.807, 2.05) is 0 Å². The van der Waals surface area contributed by atoms with Crippen molar-refractivity contribution in [3.8, 4) is 0 Å². The van der Waals surface area contributed by atoms with Gasteiger partial charge in [0.1, 0.15) is 0 Å². The first kappa shape index (κ1) is 13.7. The fraction of sp³-hybridized carbons (Fsp3) is 0.462. The van der Waals surface area contributed by atoms with Crippen LogP contribution in [0.2, 0.25) is 10.0 Å². The molecule has 1 aliphatic carbocycles. The van der Waals surface area contributed by atoms with Gasteiger partial charge in [0.25, 0.3) is 5.91 Å². The molecule has 0 atom stereocenters. The largest absolute Gasteiger partial charge is 0.393 e. The van der Waals surface area contributed by atoms with Crippen molar-refractivity contribution in [3.63, 3.8) is 0 Å². The van der Waals surface area contributed by atoms with Crippen LogP contribution in [-0.2, 0) is 0 Å². The van der Waals surface area contributed by atoms with Gasteiger partial charge in [-0.1, -0.05) is 23.2 Å². The van der Waals surface area contributed by atoms with Gasteiger partial charge in [-0.2, -0.15) is 0 Å². The van der Waals surface area contributed by atoms with Crippen LogP contribution in [0.1, 0.15) is 36.0 Å². The Morgan fingerprint density at radius 2 is 1.89 bits per heavy atom. The number of benzene rings is 1. The second-order valence-electron chi connectivity index (χ2n) is 4.60. The Bertz CT molecular complexity index is 443. The lowest BCUT2D eigenvalue weighted by atomic mass is 9.93. The van der Waals surface area contributed by atoms with Gasteiger partial charge in [0.15, 0.2) is 0 Å². The van der Waals surface area contributed by atoms with Crippen molar-refractivity contribution in [1.29, 1.82) is 0 Å². The minimum absolute atomic E-state index is 0.107. The lowest BCUT2D eigenvalue weighted by Gasteiger charge is -2.26. The minimum Gasteiger partial charge on any atom is -0.393 e. The number of aliphatic hydroxyl groups is 1. The maximum Gasteiger partial charge on any atom is 0.253 e. The Labute approximate surface area is 116 Å². The Kier molecular flexibility index (Phi) is 4.49. The van der Waals surface area contributed by atoms with Crippen molar-refractivity contribution in [3.05, 3.63) is 33.8 Å². The van der Waals surface area contributed by atoms with E-state index < -0.39 is 0 Å². The molecular formula is C13H15Cl2NO2. The van der Waals surface area contributed by atoms with Crippen LogP contribution in [0.15, 0.2) is 18.2 Å². The van der Waals surface area contributed by atoms with Crippen molar-refractivity contribution in [2.45, 2.75) is 37.8 Å². The zero-order valence-corrected chi connectivity index (χ0v) is 11.3. The Morgan fingerprint density at radius 3 is 2.56 bits per heavy atom. The Balaban J connectivity index is 2.01. The van der Waals surface area contributed by atoms with E-state index in [2.05, 4.69) is 5.32 Å². The van der Waals surface area contributed by atoms with Crippen LogP contribution in [0.25, 0.3) is 0 Å². The summed E-state index contributed by atoms with van der Waals surface area (Å²) in [7, 11) is 0. The molecule has 0 saturated heterocycles. The van der Waals surface area contributed by atoms with Crippen LogP contribution in [0.3, 0.4) is 0 Å². The van der Waals surface area contributed by atoms with Gasteiger partial charge in [0.2, 0.25) is 0 Å². The molecule has 1 saturated carbocycles. The highest BCUT2D eigenvalue weighted by Crippen LogP contribution is 2.22. The highest BCUT2D eigenvalue weighted by molar-refractivity contribution is 6.35.